The van der Waals surface area contributed by atoms with Gasteiger partial charge in [0.05, 0.1) is 0 Å². The molecule has 2 nitrogen and oxygen atoms in total. The van der Waals surface area contributed by atoms with Crippen molar-refractivity contribution >= 4 is 32.4 Å². The van der Waals surface area contributed by atoms with Crippen molar-refractivity contribution in [3.05, 3.63) is 10.9 Å². The molecular formula is C5H4N2S2. The van der Waals surface area contributed by atoms with Crippen molar-refractivity contribution in [2.75, 3.05) is 0 Å². The molecule has 0 unspecified atom stereocenters. The van der Waals surface area contributed by atoms with Crippen molar-refractivity contribution in [3.8, 4) is 0 Å². The Balaban J connectivity index is 2.92. The molecule has 0 bridgehead atoms. The van der Waals surface area contributed by atoms with Crippen LogP contribution in [-0.2, 0) is 0 Å². The maximum absolute atomic E-state index is 3.92. The van der Waals surface area contributed by atoms with Crippen molar-refractivity contribution in [2.45, 2.75) is 6.92 Å². The topological polar surface area (TPSA) is 25.8 Å². The number of hydrogen-bond donors (Lipinski definition) is 0. The Kier molecular flexibility index (Phi) is 1.03. The molecular weight excluding hydrogens is 152 g/mol. The minimum Gasteiger partial charge on any atom is -0.137 e. The van der Waals surface area contributed by atoms with Crippen LogP contribution in [0, 0.1) is 6.92 Å². The second kappa shape index (κ2) is 1.75. The van der Waals surface area contributed by atoms with Crippen LogP contribution in [0.2, 0.25) is 0 Å². The van der Waals surface area contributed by atoms with E-state index in [4.69, 9.17) is 0 Å². The van der Waals surface area contributed by atoms with Crippen molar-refractivity contribution in [1.29, 1.82) is 0 Å². The zero-order chi connectivity index (χ0) is 6.27. The molecule has 4 heteroatoms. The highest BCUT2D eigenvalue weighted by Gasteiger charge is 1.99. The number of hydrogen-bond acceptors (Lipinski definition) is 4. The summed E-state index contributed by atoms with van der Waals surface area (Å²) in [5, 5.41) is 3.92. The van der Waals surface area contributed by atoms with Crippen molar-refractivity contribution in [1.82, 2.24) is 9.59 Å². The number of thiophene rings is 1. The molecule has 9 heavy (non-hydrogen) atoms. The van der Waals surface area contributed by atoms with E-state index in [1.165, 1.54) is 20.4 Å². The lowest BCUT2D eigenvalue weighted by molar-refractivity contribution is 1.20. The Bertz CT molecular complexity index is 294. The average Bonchev–Trinajstić information content (AvgIpc) is 2.22. The van der Waals surface area contributed by atoms with Gasteiger partial charge in [-0.1, -0.05) is 4.49 Å². The Morgan fingerprint density at radius 2 is 2.44 bits per heavy atom. The van der Waals surface area contributed by atoms with Crippen LogP contribution >= 0.6 is 22.9 Å². The molecule has 0 N–H and O–H groups in total. The summed E-state index contributed by atoms with van der Waals surface area (Å²) in [5.41, 5.74) is 1.04. The summed E-state index contributed by atoms with van der Waals surface area (Å²) in [6, 6.07) is 2.06. The zero-order valence-corrected chi connectivity index (χ0v) is 6.42. The van der Waals surface area contributed by atoms with Crippen molar-refractivity contribution in [2.24, 2.45) is 0 Å². The van der Waals surface area contributed by atoms with E-state index in [1.807, 2.05) is 0 Å². The molecule has 0 aliphatic carbocycles. The van der Waals surface area contributed by atoms with Crippen LogP contribution in [0.5, 0.6) is 0 Å². The molecule has 0 saturated carbocycles. The Morgan fingerprint density at radius 1 is 1.56 bits per heavy atom. The molecule has 2 heterocycles. The summed E-state index contributed by atoms with van der Waals surface area (Å²) in [6.45, 7) is 2.08. The van der Waals surface area contributed by atoms with E-state index in [0.717, 1.165) is 5.52 Å². The normalized spacial score (nSPS) is 10.8. The minimum atomic E-state index is 1.04. The number of aromatic nitrogens is 2. The molecule has 0 aliphatic rings. The van der Waals surface area contributed by atoms with Gasteiger partial charge in [-0.25, -0.2) is 0 Å². The smallest absolute Gasteiger partial charge is 0.128 e. The number of fused-ring (bicyclic) bond motifs is 1. The highest BCUT2D eigenvalue weighted by Crippen LogP contribution is 2.25. The first kappa shape index (κ1) is 5.32. The van der Waals surface area contributed by atoms with Gasteiger partial charge in [0.15, 0.2) is 0 Å². The summed E-state index contributed by atoms with van der Waals surface area (Å²) in [4.78, 5) is 1.31. The predicted octanol–water partition coefficient (Wildman–Crippen LogP) is 2.06. The predicted molar refractivity (Wildman–Crippen MR) is 40.0 cm³/mol. The Morgan fingerprint density at radius 3 is 3.22 bits per heavy atom. The lowest BCUT2D eigenvalue weighted by Gasteiger charge is -1.68. The van der Waals surface area contributed by atoms with Gasteiger partial charge in [0.2, 0.25) is 0 Å². The molecule has 0 radical (unpaired) electrons. The summed E-state index contributed by atoms with van der Waals surface area (Å²) in [6.07, 6.45) is 0. The molecule has 0 fully saturated rings. The fourth-order valence-corrected chi connectivity index (χ4v) is 2.42. The minimum absolute atomic E-state index is 1.04. The van der Waals surface area contributed by atoms with Gasteiger partial charge in [-0.3, -0.25) is 0 Å². The zero-order valence-electron chi connectivity index (χ0n) is 4.79. The molecule has 2 aromatic heterocycles. The molecule has 0 spiro atoms. The largest absolute Gasteiger partial charge is 0.137 e. The molecule has 2 aromatic rings. The van der Waals surface area contributed by atoms with Crippen LogP contribution in [0.25, 0.3) is 9.53 Å². The molecule has 0 saturated heterocycles. The third-order valence-corrected chi connectivity index (χ3v) is 2.92. The molecule has 0 aromatic carbocycles. The Labute approximate surface area is 60.3 Å². The SMILES string of the molecule is Cc1cc2nnsc2s1. The molecule has 0 amide bonds. The third kappa shape index (κ3) is 0.746. The highest BCUT2D eigenvalue weighted by atomic mass is 32.2. The van der Waals surface area contributed by atoms with Gasteiger partial charge in [0.25, 0.3) is 0 Å². The van der Waals surface area contributed by atoms with Crippen LogP contribution < -0.4 is 0 Å². The van der Waals surface area contributed by atoms with Crippen LogP contribution in [0.15, 0.2) is 6.07 Å². The molecule has 0 atom stereocenters. The van der Waals surface area contributed by atoms with E-state index in [9.17, 15) is 0 Å². The van der Waals surface area contributed by atoms with Crippen molar-refractivity contribution in [3.63, 3.8) is 0 Å². The van der Waals surface area contributed by atoms with Gasteiger partial charge in [-0.05, 0) is 24.5 Å². The van der Waals surface area contributed by atoms with E-state index in [2.05, 4.69) is 22.6 Å². The first-order valence-corrected chi connectivity index (χ1v) is 4.14. The summed E-state index contributed by atoms with van der Waals surface area (Å²) < 4.78 is 5.03. The van der Waals surface area contributed by atoms with E-state index < -0.39 is 0 Å². The quantitative estimate of drug-likeness (QED) is 0.583. The monoisotopic (exact) mass is 156 g/mol. The fraction of sp³-hybridized carbons (Fsp3) is 0.200. The number of nitrogens with zero attached hydrogens (tertiary/aromatic N) is 2. The molecule has 0 aliphatic heterocycles. The van der Waals surface area contributed by atoms with Crippen molar-refractivity contribution < 1.29 is 0 Å². The highest BCUT2D eigenvalue weighted by molar-refractivity contribution is 7.35. The van der Waals surface area contributed by atoms with Gasteiger partial charge < -0.3 is 0 Å². The van der Waals surface area contributed by atoms with Crippen LogP contribution in [-0.4, -0.2) is 9.59 Å². The van der Waals surface area contributed by atoms with Gasteiger partial charge in [0.1, 0.15) is 9.53 Å². The van der Waals surface area contributed by atoms with E-state index in [0.29, 0.717) is 0 Å². The number of aryl methyl sites for hydroxylation is 1. The van der Waals surface area contributed by atoms with Crippen LogP contribution in [0.1, 0.15) is 4.88 Å². The first-order chi connectivity index (χ1) is 4.36. The summed E-state index contributed by atoms with van der Waals surface area (Å²) >= 11 is 3.22. The maximum atomic E-state index is 3.92. The van der Waals surface area contributed by atoms with Gasteiger partial charge in [-0.2, -0.15) is 0 Å². The Hall–Kier alpha value is -0.480. The van der Waals surface area contributed by atoms with Gasteiger partial charge >= 0.3 is 0 Å². The first-order valence-electron chi connectivity index (χ1n) is 2.55. The third-order valence-electron chi connectivity index (χ3n) is 1.08. The summed E-state index contributed by atoms with van der Waals surface area (Å²) in [7, 11) is 0. The number of rotatable bonds is 0. The fourth-order valence-electron chi connectivity index (χ4n) is 0.716. The standard InChI is InChI=1S/C5H4N2S2/c1-3-2-4-5(8-3)9-7-6-4/h2H,1H3. The maximum Gasteiger partial charge on any atom is 0.128 e. The van der Waals surface area contributed by atoms with E-state index in [-0.39, 0.29) is 0 Å². The van der Waals surface area contributed by atoms with E-state index in [1.54, 1.807) is 11.3 Å². The lowest BCUT2D eigenvalue weighted by atomic mass is 10.5. The lowest BCUT2D eigenvalue weighted by Crippen LogP contribution is -1.59. The molecule has 2 rings (SSSR count). The molecule has 46 valence electrons. The second-order valence-electron chi connectivity index (χ2n) is 1.80. The van der Waals surface area contributed by atoms with Crippen LogP contribution in [0.3, 0.4) is 0 Å². The van der Waals surface area contributed by atoms with Crippen LogP contribution in [0.4, 0.5) is 0 Å². The summed E-state index contributed by atoms with van der Waals surface area (Å²) in [5.74, 6) is 0. The van der Waals surface area contributed by atoms with Gasteiger partial charge in [0, 0.05) is 4.88 Å². The second-order valence-corrected chi connectivity index (χ2v) is 4.07. The average molecular weight is 156 g/mol. The van der Waals surface area contributed by atoms with Gasteiger partial charge in [-0.15, -0.1) is 16.4 Å². The van der Waals surface area contributed by atoms with E-state index >= 15 is 0 Å².